The molecule has 1 amide bonds. The zero-order chi connectivity index (χ0) is 15.3. The number of esters is 1. The first-order valence-corrected chi connectivity index (χ1v) is 5.78. The summed E-state index contributed by atoms with van der Waals surface area (Å²) in [5, 5.41) is 12.8. The molecule has 8 heteroatoms. The topological polar surface area (TPSA) is 98.5 Å². The SMILES string of the molecule is CCOC(=O)C(C)NC(=O)c1cc([N+](=O)[O-])ccc1F. The normalized spacial score (nSPS) is 11.6. The molecule has 1 unspecified atom stereocenters. The minimum absolute atomic E-state index is 0.143. The van der Waals surface area contributed by atoms with Gasteiger partial charge in [-0.1, -0.05) is 0 Å². The van der Waals surface area contributed by atoms with Crippen LogP contribution in [0.4, 0.5) is 10.1 Å². The van der Waals surface area contributed by atoms with Gasteiger partial charge in [-0.05, 0) is 19.9 Å². The molecule has 7 nitrogen and oxygen atoms in total. The Morgan fingerprint density at radius 1 is 1.50 bits per heavy atom. The number of ether oxygens (including phenoxy) is 1. The second-order valence-corrected chi connectivity index (χ2v) is 3.87. The van der Waals surface area contributed by atoms with E-state index in [1.54, 1.807) is 6.92 Å². The van der Waals surface area contributed by atoms with Gasteiger partial charge in [-0.25, -0.2) is 9.18 Å². The highest BCUT2D eigenvalue weighted by molar-refractivity contribution is 5.97. The molecule has 0 aliphatic carbocycles. The van der Waals surface area contributed by atoms with E-state index in [4.69, 9.17) is 0 Å². The molecule has 0 radical (unpaired) electrons. The van der Waals surface area contributed by atoms with Crippen molar-refractivity contribution in [3.05, 3.63) is 39.7 Å². The number of non-ortho nitro benzene ring substituents is 1. The number of rotatable bonds is 5. The molecule has 1 rings (SSSR count). The van der Waals surface area contributed by atoms with Crippen LogP contribution in [0.5, 0.6) is 0 Å². The van der Waals surface area contributed by atoms with Crippen molar-refractivity contribution in [1.29, 1.82) is 0 Å². The van der Waals surface area contributed by atoms with Crippen molar-refractivity contribution in [2.75, 3.05) is 6.61 Å². The number of amides is 1. The minimum Gasteiger partial charge on any atom is -0.464 e. The fourth-order valence-electron chi connectivity index (χ4n) is 1.40. The number of hydrogen-bond acceptors (Lipinski definition) is 5. The molecule has 0 spiro atoms. The summed E-state index contributed by atoms with van der Waals surface area (Å²) in [5.74, 6) is -2.51. The maximum absolute atomic E-state index is 13.5. The van der Waals surface area contributed by atoms with Gasteiger partial charge in [-0.2, -0.15) is 0 Å². The van der Waals surface area contributed by atoms with Crippen LogP contribution in [0.15, 0.2) is 18.2 Å². The summed E-state index contributed by atoms with van der Waals surface area (Å²) < 4.78 is 18.2. The third kappa shape index (κ3) is 3.74. The lowest BCUT2D eigenvalue weighted by Gasteiger charge is -2.12. The number of nitro benzene ring substituents is 1. The van der Waals surface area contributed by atoms with Crippen molar-refractivity contribution in [3.63, 3.8) is 0 Å². The summed E-state index contributed by atoms with van der Waals surface area (Å²) >= 11 is 0. The lowest BCUT2D eigenvalue weighted by molar-refractivity contribution is -0.384. The van der Waals surface area contributed by atoms with E-state index in [0.29, 0.717) is 0 Å². The maximum Gasteiger partial charge on any atom is 0.328 e. The smallest absolute Gasteiger partial charge is 0.328 e. The third-order valence-corrected chi connectivity index (χ3v) is 2.39. The molecule has 1 aromatic carbocycles. The molecular weight excluding hydrogens is 271 g/mol. The second-order valence-electron chi connectivity index (χ2n) is 3.87. The Hall–Kier alpha value is -2.51. The average Bonchev–Trinajstić information content (AvgIpc) is 2.38. The van der Waals surface area contributed by atoms with Gasteiger partial charge in [0.05, 0.1) is 17.1 Å². The molecule has 0 aliphatic heterocycles. The van der Waals surface area contributed by atoms with Crippen LogP contribution in [0.25, 0.3) is 0 Å². The van der Waals surface area contributed by atoms with Gasteiger partial charge in [0.1, 0.15) is 11.9 Å². The molecule has 1 aromatic rings. The molecular formula is C12H13FN2O5. The summed E-state index contributed by atoms with van der Waals surface area (Å²) in [7, 11) is 0. The highest BCUT2D eigenvalue weighted by Crippen LogP contribution is 2.16. The Balaban J connectivity index is 2.89. The largest absolute Gasteiger partial charge is 0.464 e. The lowest BCUT2D eigenvalue weighted by atomic mass is 10.1. The Kier molecular flexibility index (Phi) is 5.13. The minimum atomic E-state index is -0.985. The molecule has 1 N–H and O–H groups in total. The van der Waals surface area contributed by atoms with Crippen molar-refractivity contribution in [1.82, 2.24) is 5.32 Å². The van der Waals surface area contributed by atoms with Gasteiger partial charge in [0.25, 0.3) is 11.6 Å². The van der Waals surface area contributed by atoms with Gasteiger partial charge in [0.15, 0.2) is 0 Å². The van der Waals surface area contributed by atoms with Crippen molar-refractivity contribution in [2.45, 2.75) is 19.9 Å². The van der Waals surface area contributed by atoms with Crippen LogP contribution in [-0.4, -0.2) is 29.4 Å². The summed E-state index contributed by atoms with van der Waals surface area (Å²) in [4.78, 5) is 32.9. The third-order valence-electron chi connectivity index (χ3n) is 2.39. The summed E-state index contributed by atoms with van der Waals surface area (Å²) in [6.07, 6.45) is 0. The van der Waals surface area contributed by atoms with Gasteiger partial charge < -0.3 is 10.1 Å². The average molecular weight is 284 g/mol. The Labute approximate surface area is 113 Å². The fraction of sp³-hybridized carbons (Fsp3) is 0.333. The van der Waals surface area contributed by atoms with Gasteiger partial charge >= 0.3 is 5.97 Å². The predicted octanol–water partition coefficient (Wildman–Crippen LogP) is 1.42. The summed E-state index contributed by atoms with van der Waals surface area (Å²) in [5.41, 5.74) is -0.921. The monoisotopic (exact) mass is 284 g/mol. The van der Waals surface area contributed by atoms with E-state index in [2.05, 4.69) is 10.1 Å². The second kappa shape index (κ2) is 6.60. The number of nitrogens with one attached hydrogen (secondary N) is 1. The Morgan fingerprint density at radius 3 is 2.70 bits per heavy atom. The fourth-order valence-corrected chi connectivity index (χ4v) is 1.40. The van der Waals surface area contributed by atoms with E-state index in [0.717, 1.165) is 18.2 Å². The number of benzene rings is 1. The van der Waals surface area contributed by atoms with E-state index in [1.165, 1.54) is 6.92 Å². The molecule has 20 heavy (non-hydrogen) atoms. The molecule has 1 atom stereocenters. The van der Waals surface area contributed by atoms with Crippen LogP contribution < -0.4 is 5.32 Å². The molecule has 0 saturated carbocycles. The van der Waals surface area contributed by atoms with Gasteiger partial charge in [0.2, 0.25) is 0 Å². The van der Waals surface area contributed by atoms with E-state index < -0.39 is 39.9 Å². The summed E-state index contributed by atoms with van der Waals surface area (Å²) in [6.45, 7) is 3.11. The number of halogens is 1. The van der Waals surface area contributed by atoms with Gasteiger partial charge in [0, 0.05) is 12.1 Å². The van der Waals surface area contributed by atoms with Crippen LogP contribution in [-0.2, 0) is 9.53 Å². The van der Waals surface area contributed by atoms with Crippen LogP contribution in [0.3, 0.4) is 0 Å². The summed E-state index contributed by atoms with van der Waals surface area (Å²) in [6, 6.07) is 1.59. The first kappa shape index (κ1) is 15.5. The Bertz CT molecular complexity index is 547. The van der Waals surface area contributed by atoms with E-state index in [-0.39, 0.29) is 6.61 Å². The van der Waals surface area contributed by atoms with Crippen LogP contribution in [0.2, 0.25) is 0 Å². The predicted molar refractivity (Wildman–Crippen MR) is 66.6 cm³/mol. The Morgan fingerprint density at radius 2 is 2.15 bits per heavy atom. The van der Waals surface area contributed by atoms with Crippen LogP contribution in [0, 0.1) is 15.9 Å². The first-order chi connectivity index (χ1) is 9.36. The van der Waals surface area contributed by atoms with Crippen LogP contribution >= 0.6 is 0 Å². The van der Waals surface area contributed by atoms with E-state index >= 15 is 0 Å². The standard InChI is InChI=1S/C12H13FN2O5/c1-3-20-12(17)7(2)14-11(16)9-6-8(15(18)19)4-5-10(9)13/h4-7H,3H2,1-2H3,(H,14,16). The van der Waals surface area contributed by atoms with E-state index in [1.807, 2.05) is 0 Å². The number of carbonyl (C=O) groups excluding carboxylic acids is 2. The number of hydrogen-bond donors (Lipinski definition) is 1. The highest BCUT2D eigenvalue weighted by Gasteiger charge is 2.21. The number of nitro groups is 1. The van der Waals surface area contributed by atoms with Crippen molar-refractivity contribution in [3.8, 4) is 0 Å². The zero-order valence-corrected chi connectivity index (χ0v) is 10.9. The quantitative estimate of drug-likeness (QED) is 0.501. The molecule has 0 aromatic heterocycles. The molecule has 0 bridgehead atoms. The first-order valence-electron chi connectivity index (χ1n) is 5.78. The highest BCUT2D eigenvalue weighted by atomic mass is 19.1. The van der Waals surface area contributed by atoms with Crippen molar-refractivity contribution >= 4 is 17.6 Å². The van der Waals surface area contributed by atoms with E-state index in [9.17, 15) is 24.1 Å². The van der Waals surface area contributed by atoms with Crippen molar-refractivity contribution < 1.29 is 23.6 Å². The number of carbonyl (C=O) groups is 2. The maximum atomic E-state index is 13.5. The zero-order valence-electron chi connectivity index (χ0n) is 10.9. The van der Waals surface area contributed by atoms with Gasteiger partial charge in [-0.15, -0.1) is 0 Å². The molecule has 0 fully saturated rings. The molecule has 108 valence electrons. The molecule has 0 aliphatic rings. The lowest BCUT2D eigenvalue weighted by Crippen LogP contribution is -2.39. The van der Waals surface area contributed by atoms with Gasteiger partial charge in [-0.3, -0.25) is 14.9 Å². The van der Waals surface area contributed by atoms with Crippen molar-refractivity contribution in [2.24, 2.45) is 0 Å². The van der Waals surface area contributed by atoms with Crippen LogP contribution in [0.1, 0.15) is 24.2 Å². The molecule has 0 saturated heterocycles. The molecule has 0 heterocycles. The number of nitrogens with zero attached hydrogens (tertiary/aromatic N) is 1.